The van der Waals surface area contributed by atoms with E-state index < -0.39 is 10.0 Å². The SMILES string of the molecule is CCOC(=O)C[C@@H]1CCCCN1S(=O)(=O)c1cnoc1C. The topological polar surface area (TPSA) is 89.7 Å². The minimum Gasteiger partial charge on any atom is -0.466 e. The van der Waals surface area contributed by atoms with Crippen molar-refractivity contribution in [3.8, 4) is 0 Å². The van der Waals surface area contributed by atoms with Gasteiger partial charge in [-0.15, -0.1) is 0 Å². The normalized spacial score (nSPS) is 20.4. The molecule has 8 heteroatoms. The quantitative estimate of drug-likeness (QED) is 0.764. The fraction of sp³-hybridized carbons (Fsp3) is 0.692. The van der Waals surface area contributed by atoms with Crippen molar-refractivity contribution in [1.29, 1.82) is 0 Å². The van der Waals surface area contributed by atoms with Crippen molar-refractivity contribution >= 4 is 16.0 Å². The van der Waals surface area contributed by atoms with Gasteiger partial charge in [-0.1, -0.05) is 11.6 Å². The molecule has 1 fully saturated rings. The number of aryl methyl sites for hydroxylation is 1. The number of carbonyl (C=O) groups is 1. The molecule has 0 aromatic carbocycles. The molecule has 0 aliphatic carbocycles. The second-order valence-corrected chi connectivity index (χ2v) is 6.88. The molecule has 0 spiro atoms. The highest BCUT2D eigenvalue weighted by atomic mass is 32.2. The summed E-state index contributed by atoms with van der Waals surface area (Å²) in [4.78, 5) is 11.7. The summed E-state index contributed by atoms with van der Waals surface area (Å²) in [5, 5.41) is 3.53. The molecule has 0 saturated carbocycles. The van der Waals surface area contributed by atoms with E-state index in [4.69, 9.17) is 9.26 Å². The molecule has 1 aliphatic heterocycles. The van der Waals surface area contributed by atoms with Crippen molar-refractivity contribution < 1.29 is 22.5 Å². The molecule has 0 radical (unpaired) electrons. The Kier molecular flexibility index (Phi) is 5.00. The summed E-state index contributed by atoms with van der Waals surface area (Å²) in [6.45, 7) is 3.98. The van der Waals surface area contributed by atoms with Crippen molar-refractivity contribution in [2.75, 3.05) is 13.2 Å². The largest absolute Gasteiger partial charge is 0.466 e. The van der Waals surface area contributed by atoms with Crippen LogP contribution in [0.15, 0.2) is 15.6 Å². The molecule has 2 heterocycles. The number of ether oxygens (including phenoxy) is 1. The fourth-order valence-electron chi connectivity index (χ4n) is 2.57. The first kappa shape index (κ1) is 16.0. The Morgan fingerprint density at radius 1 is 1.52 bits per heavy atom. The molecule has 1 aliphatic rings. The molecule has 2 rings (SSSR count). The van der Waals surface area contributed by atoms with E-state index in [0.29, 0.717) is 19.6 Å². The predicted octanol–water partition coefficient (Wildman–Crippen LogP) is 1.48. The van der Waals surface area contributed by atoms with Crippen molar-refractivity contribution in [2.45, 2.75) is 50.5 Å². The van der Waals surface area contributed by atoms with Crippen LogP contribution in [-0.2, 0) is 19.6 Å². The van der Waals surface area contributed by atoms with E-state index >= 15 is 0 Å². The maximum Gasteiger partial charge on any atom is 0.307 e. The van der Waals surface area contributed by atoms with Gasteiger partial charge in [-0.05, 0) is 26.7 Å². The third kappa shape index (κ3) is 3.44. The van der Waals surface area contributed by atoms with Gasteiger partial charge < -0.3 is 9.26 Å². The van der Waals surface area contributed by atoms with Crippen LogP contribution >= 0.6 is 0 Å². The van der Waals surface area contributed by atoms with Gasteiger partial charge in [-0.25, -0.2) is 8.42 Å². The van der Waals surface area contributed by atoms with Gasteiger partial charge in [0.05, 0.1) is 19.2 Å². The Hall–Kier alpha value is -1.41. The van der Waals surface area contributed by atoms with E-state index in [0.717, 1.165) is 12.8 Å². The number of carbonyl (C=O) groups excluding carboxylic acids is 1. The van der Waals surface area contributed by atoms with E-state index in [1.165, 1.54) is 10.5 Å². The highest BCUT2D eigenvalue weighted by Gasteiger charge is 2.36. The Morgan fingerprint density at radius 2 is 2.29 bits per heavy atom. The average Bonchev–Trinajstić information content (AvgIpc) is 2.86. The molecule has 1 aromatic rings. The Bertz CT molecular complexity index is 595. The van der Waals surface area contributed by atoms with Crippen LogP contribution in [-0.4, -0.2) is 43.0 Å². The zero-order chi connectivity index (χ0) is 15.5. The first-order chi connectivity index (χ1) is 9.96. The standard InChI is InChI=1S/C13H20N2O5S/c1-3-19-13(16)8-11-6-4-5-7-15(11)21(17,18)12-9-14-20-10(12)2/h9,11H,3-8H2,1-2H3/t11-/m0/s1. The third-order valence-electron chi connectivity index (χ3n) is 3.57. The maximum absolute atomic E-state index is 12.7. The second-order valence-electron chi connectivity index (χ2n) is 5.02. The van der Waals surface area contributed by atoms with Crippen LogP contribution < -0.4 is 0 Å². The van der Waals surface area contributed by atoms with E-state index in [1.54, 1.807) is 13.8 Å². The minimum absolute atomic E-state index is 0.0678. The number of nitrogens with zero attached hydrogens (tertiary/aromatic N) is 2. The van der Waals surface area contributed by atoms with Crippen LogP contribution in [0.4, 0.5) is 0 Å². The summed E-state index contributed by atoms with van der Waals surface area (Å²) in [5.41, 5.74) is 0. The number of hydrogen-bond donors (Lipinski definition) is 0. The average molecular weight is 316 g/mol. The Morgan fingerprint density at radius 3 is 2.90 bits per heavy atom. The molecular weight excluding hydrogens is 296 g/mol. The molecule has 0 unspecified atom stereocenters. The van der Waals surface area contributed by atoms with Gasteiger partial charge in [0.1, 0.15) is 4.90 Å². The van der Waals surface area contributed by atoms with Gasteiger partial charge in [0.2, 0.25) is 10.0 Å². The summed E-state index contributed by atoms with van der Waals surface area (Å²) < 4.78 is 36.5. The third-order valence-corrected chi connectivity index (χ3v) is 5.62. The fourth-order valence-corrected chi connectivity index (χ4v) is 4.34. The summed E-state index contributed by atoms with van der Waals surface area (Å²) in [6.07, 6.45) is 3.63. The monoisotopic (exact) mass is 316 g/mol. The van der Waals surface area contributed by atoms with Crippen LogP contribution in [0.5, 0.6) is 0 Å². The van der Waals surface area contributed by atoms with E-state index in [1.807, 2.05) is 0 Å². The highest BCUT2D eigenvalue weighted by molar-refractivity contribution is 7.89. The molecule has 0 bridgehead atoms. The highest BCUT2D eigenvalue weighted by Crippen LogP contribution is 2.28. The molecule has 1 saturated heterocycles. The van der Waals surface area contributed by atoms with Crippen molar-refractivity contribution in [3.63, 3.8) is 0 Å². The lowest BCUT2D eigenvalue weighted by Gasteiger charge is -2.33. The zero-order valence-corrected chi connectivity index (χ0v) is 13.1. The number of hydrogen-bond acceptors (Lipinski definition) is 6. The Balaban J connectivity index is 2.22. The first-order valence-corrected chi connectivity index (χ1v) is 8.49. The molecular formula is C13H20N2O5S. The van der Waals surface area contributed by atoms with Crippen molar-refractivity contribution in [2.24, 2.45) is 0 Å². The van der Waals surface area contributed by atoms with Crippen molar-refractivity contribution in [1.82, 2.24) is 9.46 Å². The predicted molar refractivity (Wildman–Crippen MR) is 74.0 cm³/mol. The van der Waals surface area contributed by atoms with Crippen LogP contribution in [0.3, 0.4) is 0 Å². The lowest BCUT2D eigenvalue weighted by Crippen LogP contribution is -2.44. The first-order valence-electron chi connectivity index (χ1n) is 7.05. The number of aromatic nitrogens is 1. The summed E-state index contributed by atoms with van der Waals surface area (Å²) in [7, 11) is -3.69. The molecule has 7 nitrogen and oxygen atoms in total. The molecule has 1 atom stereocenters. The number of rotatable bonds is 5. The summed E-state index contributed by atoms with van der Waals surface area (Å²) in [6, 6.07) is -0.364. The van der Waals surface area contributed by atoms with Gasteiger partial charge in [0.25, 0.3) is 0 Å². The number of piperidine rings is 1. The smallest absolute Gasteiger partial charge is 0.307 e. The zero-order valence-electron chi connectivity index (χ0n) is 12.2. The van der Waals surface area contributed by atoms with Gasteiger partial charge in [0, 0.05) is 12.6 Å². The van der Waals surface area contributed by atoms with Gasteiger partial charge in [-0.2, -0.15) is 4.31 Å². The van der Waals surface area contributed by atoms with Gasteiger partial charge >= 0.3 is 5.97 Å². The van der Waals surface area contributed by atoms with E-state index in [9.17, 15) is 13.2 Å². The summed E-state index contributed by atoms with van der Waals surface area (Å²) in [5.74, 6) is -0.109. The van der Waals surface area contributed by atoms with Crippen LogP contribution in [0.2, 0.25) is 0 Å². The van der Waals surface area contributed by atoms with Crippen LogP contribution in [0.1, 0.15) is 38.4 Å². The van der Waals surface area contributed by atoms with Crippen LogP contribution in [0.25, 0.3) is 0 Å². The number of sulfonamides is 1. The van der Waals surface area contributed by atoms with Crippen LogP contribution in [0, 0.1) is 6.92 Å². The van der Waals surface area contributed by atoms with Crippen molar-refractivity contribution in [3.05, 3.63) is 12.0 Å². The summed E-state index contributed by atoms with van der Waals surface area (Å²) >= 11 is 0. The molecule has 0 N–H and O–H groups in total. The lowest BCUT2D eigenvalue weighted by atomic mass is 10.0. The van der Waals surface area contributed by atoms with Gasteiger partial charge in [-0.3, -0.25) is 4.79 Å². The van der Waals surface area contributed by atoms with Gasteiger partial charge in [0.15, 0.2) is 5.76 Å². The van der Waals surface area contributed by atoms with E-state index in [2.05, 4.69) is 5.16 Å². The number of esters is 1. The minimum atomic E-state index is -3.69. The molecule has 1 aromatic heterocycles. The maximum atomic E-state index is 12.7. The molecule has 0 amide bonds. The second kappa shape index (κ2) is 6.57. The van der Waals surface area contributed by atoms with E-state index in [-0.39, 0.29) is 29.1 Å². The lowest BCUT2D eigenvalue weighted by molar-refractivity contribution is -0.144. The Labute approximate surface area is 124 Å². The molecule has 118 valence electrons. The molecule has 21 heavy (non-hydrogen) atoms.